The quantitative estimate of drug-likeness (QED) is 0.549. The maximum atomic E-state index is 13.3. The van der Waals surface area contributed by atoms with Gasteiger partial charge >= 0.3 is 0 Å². The summed E-state index contributed by atoms with van der Waals surface area (Å²) in [5.41, 5.74) is 0. The summed E-state index contributed by atoms with van der Waals surface area (Å²) >= 11 is 10.6. The SMILES string of the molecule is CCc1cc2c(Oc3ccc(F)c(Br)c3)nc(Cl)nc2s1. The lowest BCUT2D eigenvalue weighted by molar-refractivity contribution is 0.466. The maximum Gasteiger partial charge on any atom is 0.232 e. The van der Waals surface area contributed by atoms with Gasteiger partial charge in [0.25, 0.3) is 0 Å². The molecule has 0 spiro atoms. The second-order valence-electron chi connectivity index (χ2n) is 4.26. The second kappa shape index (κ2) is 5.87. The molecule has 2 heterocycles. The van der Waals surface area contributed by atoms with E-state index in [1.54, 1.807) is 17.4 Å². The second-order valence-corrected chi connectivity index (χ2v) is 6.57. The lowest BCUT2D eigenvalue weighted by Gasteiger charge is -2.06. The Morgan fingerprint density at radius 1 is 1.33 bits per heavy atom. The van der Waals surface area contributed by atoms with Crippen LogP contribution in [-0.2, 0) is 6.42 Å². The lowest BCUT2D eigenvalue weighted by atomic mass is 10.3. The fourth-order valence-electron chi connectivity index (χ4n) is 1.82. The first-order valence-electron chi connectivity index (χ1n) is 6.15. The molecule has 0 aliphatic carbocycles. The van der Waals surface area contributed by atoms with Gasteiger partial charge in [-0.25, -0.2) is 9.37 Å². The summed E-state index contributed by atoms with van der Waals surface area (Å²) in [5.74, 6) is 0.500. The predicted molar refractivity (Wildman–Crippen MR) is 86.0 cm³/mol. The number of ether oxygens (including phenoxy) is 1. The van der Waals surface area contributed by atoms with Crippen LogP contribution in [0.15, 0.2) is 28.7 Å². The van der Waals surface area contributed by atoms with Gasteiger partial charge in [0.1, 0.15) is 16.4 Å². The van der Waals surface area contributed by atoms with Gasteiger partial charge in [-0.05, 0) is 58.2 Å². The third kappa shape index (κ3) is 3.02. The fraction of sp³-hybridized carbons (Fsp3) is 0.143. The van der Waals surface area contributed by atoms with E-state index in [0.717, 1.165) is 16.6 Å². The molecule has 0 N–H and O–H groups in total. The molecule has 0 fully saturated rings. The van der Waals surface area contributed by atoms with Crippen LogP contribution in [-0.4, -0.2) is 9.97 Å². The Hall–Kier alpha value is -1.24. The van der Waals surface area contributed by atoms with Crippen molar-refractivity contribution in [3.8, 4) is 11.6 Å². The van der Waals surface area contributed by atoms with Gasteiger partial charge in [-0.3, -0.25) is 0 Å². The maximum absolute atomic E-state index is 13.3. The Labute approximate surface area is 137 Å². The molecule has 3 nitrogen and oxygen atoms in total. The number of aryl methyl sites for hydroxylation is 1. The van der Waals surface area contributed by atoms with Crippen molar-refractivity contribution in [2.45, 2.75) is 13.3 Å². The third-order valence-electron chi connectivity index (χ3n) is 2.84. The molecular weight excluding hydrogens is 379 g/mol. The van der Waals surface area contributed by atoms with Crippen molar-refractivity contribution in [1.29, 1.82) is 0 Å². The molecule has 108 valence electrons. The van der Waals surface area contributed by atoms with Crippen molar-refractivity contribution in [2.24, 2.45) is 0 Å². The first-order valence-corrected chi connectivity index (χ1v) is 8.14. The summed E-state index contributed by atoms with van der Waals surface area (Å²) in [4.78, 5) is 10.3. The summed E-state index contributed by atoms with van der Waals surface area (Å²) < 4.78 is 19.3. The van der Waals surface area contributed by atoms with Crippen LogP contribution in [0.2, 0.25) is 5.28 Å². The minimum Gasteiger partial charge on any atom is -0.438 e. The highest BCUT2D eigenvalue weighted by molar-refractivity contribution is 9.10. The van der Waals surface area contributed by atoms with Crippen molar-refractivity contribution in [2.75, 3.05) is 0 Å². The summed E-state index contributed by atoms with van der Waals surface area (Å²) in [5, 5.41) is 0.935. The highest BCUT2D eigenvalue weighted by Crippen LogP contribution is 2.34. The predicted octanol–water partition coefficient (Wildman–Crippen LogP) is 5.60. The van der Waals surface area contributed by atoms with E-state index in [1.807, 2.05) is 6.07 Å². The fourth-order valence-corrected chi connectivity index (χ4v) is 3.35. The van der Waals surface area contributed by atoms with Crippen LogP contribution < -0.4 is 4.74 Å². The van der Waals surface area contributed by atoms with Crippen molar-refractivity contribution in [3.05, 3.63) is 44.7 Å². The largest absolute Gasteiger partial charge is 0.438 e. The number of hydrogen-bond donors (Lipinski definition) is 0. The van der Waals surface area contributed by atoms with E-state index < -0.39 is 0 Å². The molecule has 3 aromatic rings. The average Bonchev–Trinajstić information content (AvgIpc) is 2.86. The average molecular weight is 388 g/mol. The van der Waals surface area contributed by atoms with E-state index in [4.69, 9.17) is 16.3 Å². The minimum atomic E-state index is -0.350. The molecule has 2 aromatic heterocycles. The van der Waals surface area contributed by atoms with Gasteiger partial charge in [-0.1, -0.05) is 6.92 Å². The highest BCUT2D eigenvalue weighted by atomic mass is 79.9. The van der Waals surface area contributed by atoms with Crippen LogP contribution >= 0.6 is 38.9 Å². The monoisotopic (exact) mass is 386 g/mol. The number of benzene rings is 1. The van der Waals surface area contributed by atoms with Crippen molar-refractivity contribution < 1.29 is 9.13 Å². The Morgan fingerprint density at radius 2 is 2.14 bits per heavy atom. The van der Waals surface area contributed by atoms with E-state index in [0.29, 0.717) is 16.1 Å². The zero-order chi connectivity index (χ0) is 15.0. The molecule has 0 unspecified atom stereocenters. The van der Waals surface area contributed by atoms with Crippen LogP contribution in [0, 0.1) is 5.82 Å². The van der Waals surface area contributed by atoms with Crippen molar-refractivity contribution in [1.82, 2.24) is 9.97 Å². The summed E-state index contributed by atoms with van der Waals surface area (Å²) in [6.07, 6.45) is 0.903. The Morgan fingerprint density at radius 3 is 2.86 bits per heavy atom. The molecule has 0 atom stereocenters. The molecule has 0 saturated carbocycles. The molecule has 7 heteroatoms. The molecule has 0 bridgehead atoms. The Balaban J connectivity index is 2.06. The number of aromatic nitrogens is 2. The number of fused-ring (bicyclic) bond motifs is 1. The van der Waals surface area contributed by atoms with Gasteiger partial charge in [-0.2, -0.15) is 4.98 Å². The molecule has 21 heavy (non-hydrogen) atoms. The smallest absolute Gasteiger partial charge is 0.232 e. The van der Waals surface area contributed by atoms with Gasteiger partial charge in [-0.15, -0.1) is 11.3 Å². The van der Waals surface area contributed by atoms with Crippen molar-refractivity contribution >= 4 is 49.1 Å². The van der Waals surface area contributed by atoms with E-state index in [9.17, 15) is 4.39 Å². The van der Waals surface area contributed by atoms with Gasteiger partial charge in [0.15, 0.2) is 0 Å². The van der Waals surface area contributed by atoms with Gasteiger partial charge < -0.3 is 4.74 Å². The van der Waals surface area contributed by atoms with Crippen molar-refractivity contribution in [3.63, 3.8) is 0 Å². The Kier molecular flexibility index (Phi) is 4.10. The van der Waals surface area contributed by atoms with E-state index in [2.05, 4.69) is 32.8 Å². The summed E-state index contributed by atoms with van der Waals surface area (Å²) in [6, 6.07) is 6.40. The van der Waals surface area contributed by atoms with Gasteiger partial charge in [0, 0.05) is 4.88 Å². The molecule has 0 aliphatic heterocycles. The number of nitrogens with zero attached hydrogens (tertiary/aromatic N) is 2. The van der Waals surface area contributed by atoms with Crippen LogP contribution in [0.4, 0.5) is 4.39 Å². The van der Waals surface area contributed by atoms with Crippen LogP contribution in [0.25, 0.3) is 10.2 Å². The molecule has 3 rings (SSSR count). The summed E-state index contributed by atoms with van der Waals surface area (Å²) in [7, 11) is 0. The summed E-state index contributed by atoms with van der Waals surface area (Å²) in [6.45, 7) is 2.07. The highest BCUT2D eigenvalue weighted by Gasteiger charge is 2.13. The molecule has 0 amide bonds. The minimum absolute atomic E-state index is 0.128. The molecule has 0 radical (unpaired) electrons. The lowest BCUT2D eigenvalue weighted by Crippen LogP contribution is -1.91. The Bertz CT molecular complexity index is 824. The molecule has 1 aromatic carbocycles. The first kappa shape index (κ1) is 14.7. The topological polar surface area (TPSA) is 35.0 Å². The van der Waals surface area contributed by atoms with Crippen LogP contribution in [0.5, 0.6) is 11.6 Å². The molecular formula is C14H9BrClFN2OS. The van der Waals surface area contributed by atoms with Crippen LogP contribution in [0.1, 0.15) is 11.8 Å². The van der Waals surface area contributed by atoms with E-state index in [-0.39, 0.29) is 11.1 Å². The van der Waals surface area contributed by atoms with E-state index in [1.165, 1.54) is 17.0 Å². The third-order valence-corrected chi connectivity index (χ3v) is 4.79. The number of hydrogen-bond acceptors (Lipinski definition) is 4. The number of halogens is 3. The molecule has 0 aliphatic rings. The van der Waals surface area contributed by atoms with Crippen LogP contribution in [0.3, 0.4) is 0 Å². The zero-order valence-corrected chi connectivity index (χ0v) is 14.0. The normalized spacial score (nSPS) is 11.0. The first-order chi connectivity index (χ1) is 10.1. The number of thiophene rings is 1. The molecule has 0 saturated heterocycles. The zero-order valence-electron chi connectivity index (χ0n) is 10.9. The van der Waals surface area contributed by atoms with Gasteiger partial charge in [0.2, 0.25) is 11.2 Å². The van der Waals surface area contributed by atoms with Gasteiger partial charge in [0.05, 0.1) is 9.86 Å². The van der Waals surface area contributed by atoms with E-state index >= 15 is 0 Å². The standard InChI is InChI=1S/C14H9BrClFN2OS/c1-2-8-6-9-12(18-14(16)19-13(9)21-8)20-7-3-4-11(17)10(15)5-7/h3-6H,2H2,1H3. The number of rotatable bonds is 3.